The van der Waals surface area contributed by atoms with E-state index >= 15 is 0 Å². The first-order chi connectivity index (χ1) is 13.6. The molecule has 7 heteroatoms. The van der Waals surface area contributed by atoms with Crippen molar-refractivity contribution in [3.05, 3.63) is 45.0 Å². The van der Waals surface area contributed by atoms with Crippen molar-refractivity contribution in [2.45, 2.75) is 53.5 Å². The SMILES string of the molecule is CC[C@@H](C)[C@H](NC(=O)Cc1c(C)c2cc3c(C)c(C)oc3cc2oc1=O)C(=O)O. The molecule has 2 aromatic heterocycles. The summed E-state index contributed by atoms with van der Waals surface area (Å²) in [4.78, 5) is 36.5. The number of carboxylic acids is 1. The Kier molecular flexibility index (Phi) is 5.50. The summed E-state index contributed by atoms with van der Waals surface area (Å²) in [7, 11) is 0. The molecule has 1 aromatic carbocycles. The molecule has 2 heterocycles. The quantitative estimate of drug-likeness (QED) is 0.613. The highest BCUT2D eigenvalue weighted by Gasteiger charge is 2.26. The van der Waals surface area contributed by atoms with E-state index in [1.807, 2.05) is 26.8 Å². The third-order valence-corrected chi connectivity index (χ3v) is 5.72. The van der Waals surface area contributed by atoms with Crippen LogP contribution >= 0.6 is 0 Å². The lowest BCUT2D eigenvalue weighted by Gasteiger charge is -2.20. The second-order valence-corrected chi connectivity index (χ2v) is 7.57. The summed E-state index contributed by atoms with van der Waals surface area (Å²) in [6, 6.07) is 2.58. The molecule has 0 bridgehead atoms. The van der Waals surface area contributed by atoms with Gasteiger partial charge in [-0.2, -0.15) is 0 Å². The standard InChI is InChI=1S/C22H25NO6/c1-6-10(2)20(21(25)26)23-19(24)8-16-12(4)15-7-14-11(3)13(5)28-17(14)9-18(15)29-22(16)27/h7,9-10,20H,6,8H2,1-5H3,(H,23,24)(H,25,26)/t10-,20+/m1/s1. The van der Waals surface area contributed by atoms with Crippen LogP contribution in [0.3, 0.4) is 0 Å². The molecule has 29 heavy (non-hydrogen) atoms. The summed E-state index contributed by atoms with van der Waals surface area (Å²) < 4.78 is 11.1. The molecule has 0 radical (unpaired) electrons. The first-order valence-corrected chi connectivity index (χ1v) is 9.62. The number of carbonyl (C=O) groups is 2. The van der Waals surface area contributed by atoms with Crippen molar-refractivity contribution in [2.24, 2.45) is 5.92 Å². The molecule has 3 rings (SSSR count). The minimum Gasteiger partial charge on any atom is -0.480 e. The van der Waals surface area contributed by atoms with E-state index in [4.69, 9.17) is 8.83 Å². The van der Waals surface area contributed by atoms with E-state index in [0.717, 1.165) is 22.1 Å². The molecular formula is C22H25NO6. The van der Waals surface area contributed by atoms with Gasteiger partial charge in [0.15, 0.2) is 0 Å². The molecule has 154 valence electrons. The molecule has 2 N–H and O–H groups in total. The van der Waals surface area contributed by atoms with E-state index < -0.39 is 23.5 Å². The smallest absolute Gasteiger partial charge is 0.340 e. The van der Waals surface area contributed by atoms with E-state index in [1.54, 1.807) is 19.9 Å². The van der Waals surface area contributed by atoms with E-state index in [9.17, 15) is 19.5 Å². The van der Waals surface area contributed by atoms with Gasteiger partial charge in [0.25, 0.3) is 0 Å². The maximum Gasteiger partial charge on any atom is 0.340 e. The van der Waals surface area contributed by atoms with Gasteiger partial charge in [0.2, 0.25) is 5.91 Å². The van der Waals surface area contributed by atoms with Crippen molar-refractivity contribution >= 4 is 33.8 Å². The van der Waals surface area contributed by atoms with Gasteiger partial charge in [-0.25, -0.2) is 9.59 Å². The number of furan rings is 1. The zero-order chi connectivity index (χ0) is 21.5. The molecule has 0 fully saturated rings. The number of benzene rings is 1. The van der Waals surface area contributed by atoms with Crippen molar-refractivity contribution in [1.29, 1.82) is 0 Å². The Bertz CT molecular complexity index is 1170. The zero-order valence-corrected chi connectivity index (χ0v) is 17.2. The van der Waals surface area contributed by atoms with Crippen LogP contribution in [0.25, 0.3) is 21.9 Å². The molecule has 0 unspecified atom stereocenters. The summed E-state index contributed by atoms with van der Waals surface area (Å²) in [5, 5.41) is 13.5. The van der Waals surface area contributed by atoms with E-state index in [-0.39, 0.29) is 17.9 Å². The minimum absolute atomic E-state index is 0.223. The maximum atomic E-state index is 12.5. The largest absolute Gasteiger partial charge is 0.480 e. The number of amides is 1. The van der Waals surface area contributed by atoms with Crippen LogP contribution in [0.1, 0.15) is 42.7 Å². The maximum absolute atomic E-state index is 12.5. The van der Waals surface area contributed by atoms with Crippen LogP contribution in [0.15, 0.2) is 25.8 Å². The number of aryl methyl sites for hydroxylation is 3. The van der Waals surface area contributed by atoms with E-state index in [0.29, 0.717) is 23.2 Å². The monoisotopic (exact) mass is 399 g/mol. The number of carbonyl (C=O) groups excluding carboxylic acids is 1. The van der Waals surface area contributed by atoms with Crippen LogP contribution in [0.4, 0.5) is 0 Å². The molecule has 7 nitrogen and oxygen atoms in total. The number of fused-ring (bicyclic) bond motifs is 2. The van der Waals surface area contributed by atoms with Crippen molar-refractivity contribution in [3.63, 3.8) is 0 Å². The predicted molar refractivity (Wildman–Crippen MR) is 109 cm³/mol. The molecule has 0 aliphatic carbocycles. The third-order valence-electron chi connectivity index (χ3n) is 5.72. The molecule has 0 aliphatic heterocycles. The number of aliphatic carboxylic acids is 1. The summed E-state index contributed by atoms with van der Waals surface area (Å²) in [6.07, 6.45) is 0.361. The number of rotatable bonds is 6. The predicted octanol–water partition coefficient (Wildman–Crippen LogP) is 3.62. The normalized spacial score (nSPS) is 13.6. The second kappa shape index (κ2) is 7.73. The number of carboxylic acid groups (broad SMARTS) is 1. The summed E-state index contributed by atoms with van der Waals surface area (Å²) in [5.74, 6) is -1.06. The second-order valence-electron chi connectivity index (χ2n) is 7.57. The van der Waals surface area contributed by atoms with Crippen LogP contribution < -0.4 is 10.9 Å². The zero-order valence-electron chi connectivity index (χ0n) is 17.2. The summed E-state index contributed by atoms with van der Waals surface area (Å²) >= 11 is 0. The highest BCUT2D eigenvalue weighted by Crippen LogP contribution is 2.31. The fourth-order valence-electron chi connectivity index (χ4n) is 3.50. The first-order valence-electron chi connectivity index (χ1n) is 9.62. The number of nitrogens with one attached hydrogen (secondary N) is 1. The van der Waals surface area contributed by atoms with Gasteiger partial charge in [0.05, 0.1) is 12.0 Å². The average Bonchev–Trinajstić information content (AvgIpc) is 2.94. The van der Waals surface area contributed by atoms with Crippen LogP contribution in [0.2, 0.25) is 0 Å². The van der Waals surface area contributed by atoms with Gasteiger partial charge in [0, 0.05) is 16.8 Å². The van der Waals surface area contributed by atoms with Crippen molar-refractivity contribution in [2.75, 3.05) is 0 Å². The van der Waals surface area contributed by atoms with Gasteiger partial charge in [-0.05, 0) is 43.9 Å². The van der Waals surface area contributed by atoms with Gasteiger partial charge in [-0.15, -0.1) is 0 Å². The van der Waals surface area contributed by atoms with Crippen LogP contribution in [0, 0.1) is 26.7 Å². The molecular weight excluding hydrogens is 374 g/mol. The Morgan fingerprint density at radius 3 is 2.31 bits per heavy atom. The lowest BCUT2D eigenvalue weighted by atomic mass is 9.98. The summed E-state index contributed by atoms with van der Waals surface area (Å²) in [5.41, 5.74) is 2.28. The third kappa shape index (κ3) is 3.77. The summed E-state index contributed by atoms with van der Waals surface area (Å²) in [6.45, 7) is 9.20. The minimum atomic E-state index is -1.09. The van der Waals surface area contributed by atoms with Gasteiger partial charge in [-0.1, -0.05) is 20.3 Å². The Balaban J connectivity index is 2.00. The van der Waals surface area contributed by atoms with E-state index in [2.05, 4.69) is 5.32 Å². The fourth-order valence-corrected chi connectivity index (χ4v) is 3.50. The molecule has 0 saturated heterocycles. The molecule has 3 aromatic rings. The number of hydrogen-bond acceptors (Lipinski definition) is 5. The van der Waals surface area contributed by atoms with Gasteiger partial charge in [0.1, 0.15) is 23.0 Å². The van der Waals surface area contributed by atoms with E-state index in [1.165, 1.54) is 0 Å². The molecule has 2 atom stereocenters. The topological polar surface area (TPSA) is 110 Å². The highest BCUT2D eigenvalue weighted by atomic mass is 16.4. The van der Waals surface area contributed by atoms with Gasteiger partial charge >= 0.3 is 11.6 Å². The van der Waals surface area contributed by atoms with Gasteiger partial charge in [-0.3, -0.25) is 4.79 Å². The molecule has 0 spiro atoms. The van der Waals surface area contributed by atoms with Crippen molar-refractivity contribution in [1.82, 2.24) is 5.32 Å². The lowest BCUT2D eigenvalue weighted by Crippen LogP contribution is -2.45. The van der Waals surface area contributed by atoms with Crippen molar-refractivity contribution < 1.29 is 23.5 Å². The molecule has 0 saturated carbocycles. The highest BCUT2D eigenvalue weighted by molar-refractivity contribution is 5.97. The Morgan fingerprint density at radius 1 is 1.07 bits per heavy atom. The molecule has 1 amide bonds. The Labute approximate surface area is 167 Å². The van der Waals surface area contributed by atoms with Crippen LogP contribution in [0.5, 0.6) is 0 Å². The molecule has 0 aliphatic rings. The van der Waals surface area contributed by atoms with Crippen molar-refractivity contribution in [3.8, 4) is 0 Å². The number of hydrogen-bond donors (Lipinski definition) is 2. The van der Waals surface area contributed by atoms with Crippen LogP contribution in [-0.2, 0) is 16.0 Å². The van der Waals surface area contributed by atoms with Gasteiger partial charge < -0.3 is 19.3 Å². The lowest BCUT2D eigenvalue weighted by molar-refractivity contribution is -0.143. The first kappa shape index (κ1) is 20.6. The average molecular weight is 399 g/mol. The Morgan fingerprint density at radius 2 is 1.69 bits per heavy atom. The van der Waals surface area contributed by atoms with Crippen LogP contribution in [-0.4, -0.2) is 23.0 Å². The Hall–Kier alpha value is -3.09. The fraction of sp³-hybridized carbons (Fsp3) is 0.409.